The molecule has 1 aliphatic rings. The summed E-state index contributed by atoms with van der Waals surface area (Å²) in [5, 5.41) is 2.58. The van der Waals surface area contributed by atoms with Gasteiger partial charge in [-0.3, -0.25) is 4.79 Å². The van der Waals surface area contributed by atoms with Gasteiger partial charge in [0.1, 0.15) is 5.75 Å². The first kappa shape index (κ1) is 12.9. The van der Waals surface area contributed by atoms with E-state index in [1.807, 2.05) is 10.3 Å². The third-order valence-electron chi connectivity index (χ3n) is 2.69. The molecule has 0 N–H and O–H groups in total. The molecule has 1 atom stereocenters. The smallest absolute Gasteiger partial charge is 0.264 e. The summed E-state index contributed by atoms with van der Waals surface area (Å²) in [7, 11) is 1.60. The number of ether oxygens (including phenoxy) is 2. The van der Waals surface area contributed by atoms with E-state index >= 15 is 0 Å². The van der Waals surface area contributed by atoms with Crippen LogP contribution >= 0.6 is 27.3 Å². The van der Waals surface area contributed by atoms with E-state index in [0.29, 0.717) is 19.8 Å². The average Bonchev–Trinajstić information content (AvgIpc) is 2.86. The van der Waals surface area contributed by atoms with Gasteiger partial charge in [-0.15, -0.1) is 11.3 Å². The topological polar surface area (TPSA) is 38.8 Å². The molecule has 1 fully saturated rings. The number of thiophene rings is 1. The summed E-state index contributed by atoms with van der Waals surface area (Å²) in [6.07, 6.45) is 0. The van der Waals surface area contributed by atoms with Crippen molar-refractivity contribution in [3.05, 3.63) is 16.3 Å². The number of carbonyl (C=O) groups excluding carboxylic acids is 1. The van der Waals surface area contributed by atoms with Crippen molar-refractivity contribution in [2.24, 2.45) is 0 Å². The number of morpholine rings is 1. The maximum atomic E-state index is 12.3. The molecule has 2 rings (SSSR count). The Hall–Kier alpha value is -0.590. The molecular formula is C11H14BrNO3S. The fraction of sp³-hybridized carbons (Fsp3) is 0.545. The van der Waals surface area contributed by atoms with Gasteiger partial charge in [0.25, 0.3) is 5.91 Å². The van der Waals surface area contributed by atoms with Crippen molar-refractivity contribution < 1.29 is 14.3 Å². The number of hydrogen-bond donors (Lipinski definition) is 0. The molecular weight excluding hydrogens is 306 g/mol. The lowest BCUT2D eigenvalue weighted by Crippen LogP contribution is -2.49. The third kappa shape index (κ3) is 2.81. The molecule has 1 amide bonds. The number of amides is 1. The number of rotatable bonds is 3. The van der Waals surface area contributed by atoms with Gasteiger partial charge in [0, 0.05) is 23.3 Å². The molecule has 0 saturated carbocycles. The average molecular weight is 320 g/mol. The van der Waals surface area contributed by atoms with Gasteiger partial charge in [-0.25, -0.2) is 0 Å². The highest BCUT2D eigenvalue weighted by molar-refractivity contribution is 9.09. The Morgan fingerprint density at radius 1 is 1.76 bits per heavy atom. The van der Waals surface area contributed by atoms with E-state index in [0.717, 1.165) is 16.0 Å². The van der Waals surface area contributed by atoms with Gasteiger partial charge >= 0.3 is 0 Å². The number of nitrogens with zero attached hydrogens (tertiary/aromatic N) is 1. The highest BCUT2D eigenvalue weighted by Gasteiger charge is 2.28. The first-order valence-electron chi connectivity index (χ1n) is 5.33. The number of carbonyl (C=O) groups is 1. The lowest BCUT2D eigenvalue weighted by molar-refractivity contribution is 0.00551. The maximum Gasteiger partial charge on any atom is 0.264 e. The van der Waals surface area contributed by atoms with Crippen LogP contribution in [0, 0.1) is 0 Å². The molecule has 0 aromatic carbocycles. The number of methoxy groups -OCH3 is 1. The van der Waals surface area contributed by atoms with E-state index in [1.54, 1.807) is 13.2 Å². The SMILES string of the molecule is COc1csc(C(=O)N2CCOCC2CBr)c1. The molecule has 2 heterocycles. The Kier molecular flexibility index (Phi) is 4.42. The zero-order chi connectivity index (χ0) is 12.3. The Balaban J connectivity index is 2.12. The highest BCUT2D eigenvalue weighted by atomic mass is 79.9. The molecule has 0 bridgehead atoms. The van der Waals surface area contributed by atoms with Crippen LogP contribution in [0.4, 0.5) is 0 Å². The Morgan fingerprint density at radius 3 is 3.24 bits per heavy atom. The van der Waals surface area contributed by atoms with E-state index in [2.05, 4.69) is 15.9 Å². The lowest BCUT2D eigenvalue weighted by Gasteiger charge is -2.34. The minimum absolute atomic E-state index is 0.0612. The van der Waals surface area contributed by atoms with Crippen LogP contribution in [0.2, 0.25) is 0 Å². The number of alkyl halides is 1. The van der Waals surface area contributed by atoms with Crippen molar-refractivity contribution in [3.8, 4) is 5.75 Å². The summed E-state index contributed by atoms with van der Waals surface area (Å²) in [5.74, 6) is 0.799. The maximum absolute atomic E-state index is 12.3. The molecule has 17 heavy (non-hydrogen) atoms. The van der Waals surface area contributed by atoms with Crippen molar-refractivity contribution >= 4 is 33.2 Å². The predicted molar refractivity (Wildman–Crippen MR) is 70.3 cm³/mol. The van der Waals surface area contributed by atoms with Crippen LogP contribution in [0.25, 0.3) is 0 Å². The van der Waals surface area contributed by atoms with Gasteiger partial charge < -0.3 is 14.4 Å². The van der Waals surface area contributed by atoms with Crippen molar-refractivity contribution in [1.82, 2.24) is 4.90 Å². The molecule has 4 nitrogen and oxygen atoms in total. The Morgan fingerprint density at radius 2 is 2.59 bits per heavy atom. The van der Waals surface area contributed by atoms with Gasteiger partial charge in [0.15, 0.2) is 0 Å². The summed E-state index contributed by atoms with van der Waals surface area (Å²) in [5.41, 5.74) is 0. The minimum atomic E-state index is 0.0612. The van der Waals surface area contributed by atoms with Crippen molar-refractivity contribution in [2.75, 3.05) is 32.2 Å². The van der Waals surface area contributed by atoms with E-state index in [4.69, 9.17) is 9.47 Å². The first-order valence-corrected chi connectivity index (χ1v) is 7.33. The molecule has 1 saturated heterocycles. The minimum Gasteiger partial charge on any atom is -0.496 e. The monoisotopic (exact) mass is 319 g/mol. The molecule has 1 unspecified atom stereocenters. The largest absolute Gasteiger partial charge is 0.496 e. The number of hydrogen-bond acceptors (Lipinski definition) is 4. The van der Waals surface area contributed by atoms with Crippen LogP contribution in [0.5, 0.6) is 5.75 Å². The quantitative estimate of drug-likeness (QED) is 0.800. The van der Waals surface area contributed by atoms with Gasteiger partial charge in [-0.2, -0.15) is 0 Å². The molecule has 1 aliphatic heterocycles. The van der Waals surface area contributed by atoms with Gasteiger partial charge in [-0.1, -0.05) is 15.9 Å². The van der Waals surface area contributed by atoms with E-state index in [1.165, 1.54) is 11.3 Å². The second-order valence-corrected chi connectivity index (χ2v) is 5.29. The zero-order valence-electron chi connectivity index (χ0n) is 9.52. The zero-order valence-corrected chi connectivity index (χ0v) is 11.9. The van der Waals surface area contributed by atoms with Crippen molar-refractivity contribution in [3.63, 3.8) is 0 Å². The van der Waals surface area contributed by atoms with E-state index in [-0.39, 0.29) is 11.9 Å². The fourth-order valence-electron chi connectivity index (χ4n) is 1.73. The summed E-state index contributed by atoms with van der Waals surface area (Å²) in [6, 6.07) is 1.90. The van der Waals surface area contributed by atoms with E-state index < -0.39 is 0 Å². The molecule has 6 heteroatoms. The van der Waals surface area contributed by atoms with Gasteiger partial charge in [0.2, 0.25) is 0 Å². The van der Waals surface area contributed by atoms with Crippen LogP contribution in [-0.2, 0) is 4.74 Å². The summed E-state index contributed by atoms with van der Waals surface area (Å²) in [4.78, 5) is 14.9. The van der Waals surface area contributed by atoms with Crippen LogP contribution in [0.1, 0.15) is 9.67 Å². The molecule has 0 radical (unpaired) electrons. The van der Waals surface area contributed by atoms with Crippen molar-refractivity contribution in [2.45, 2.75) is 6.04 Å². The molecule has 1 aromatic rings. The van der Waals surface area contributed by atoms with Gasteiger partial charge in [0.05, 0.1) is 31.2 Å². The Labute approximate surface area is 113 Å². The predicted octanol–water partition coefficient (Wildman–Crippen LogP) is 1.99. The van der Waals surface area contributed by atoms with Crippen LogP contribution in [0.15, 0.2) is 11.4 Å². The summed E-state index contributed by atoms with van der Waals surface area (Å²) < 4.78 is 10.5. The molecule has 94 valence electrons. The summed E-state index contributed by atoms with van der Waals surface area (Å²) >= 11 is 4.83. The second-order valence-electron chi connectivity index (χ2n) is 3.73. The second kappa shape index (κ2) is 5.84. The normalized spacial score (nSPS) is 20.4. The Bertz CT molecular complexity index is 396. The number of halogens is 1. The van der Waals surface area contributed by atoms with Crippen LogP contribution in [0.3, 0.4) is 0 Å². The molecule has 1 aromatic heterocycles. The fourth-order valence-corrected chi connectivity index (χ4v) is 3.08. The highest BCUT2D eigenvalue weighted by Crippen LogP contribution is 2.24. The third-order valence-corrected chi connectivity index (χ3v) is 4.33. The van der Waals surface area contributed by atoms with Crippen molar-refractivity contribution in [1.29, 1.82) is 0 Å². The molecule has 0 aliphatic carbocycles. The lowest BCUT2D eigenvalue weighted by atomic mass is 10.2. The van der Waals surface area contributed by atoms with Crippen LogP contribution < -0.4 is 4.74 Å². The van der Waals surface area contributed by atoms with Gasteiger partial charge in [-0.05, 0) is 0 Å². The van der Waals surface area contributed by atoms with Crippen LogP contribution in [-0.4, -0.2) is 49.0 Å². The standard InChI is InChI=1S/C11H14BrNO3S/c1-15-9-4-10(17-7-9)11(14)13-2-3-16-6-8(13)5-12/h4,7-8H,2-3,5-6H2,1H3. The van der Waals surface area contributed by atoms with E-state index in [9.17, 15) is 4.79 Å². The summed E-state index contributed by atoms with van der Waals surface area (Å²) in [6.45, 7) is 1.85. The first-order chi connectivity index (χ1) is 8.26. The molecule has 0 spiro atoms.